The fraction of sp³-hybridized carbons (Fsp3) is 0.200. The zero-order chi connectivity index (χ0) is 16.9. The van der Waals surface area contributed by atoms with Crippen LogP contribution in [0.25, 0.3) is 11.4 Å². The lowest BCUT2D eigenvalue weighted by Gasteiger charge is -2.15. The van der Waals surface area contributed by atoms with Crippen LogP contribution >= 0.6 is 0 Å². The number of benzene rings is 2. The van der Waals surface area contributed by atoms with E-state index in [-0.39, 0.29) is 5.56 Å². The van der Waals surface area contributed by atoms with Crippen LogP contribution in [-0.4, -0.2) is 16.7 Å². The van der Waals surface area contributed by atoms with Gasteiger partial charge in [0.15, 0.2) is 0 Å². The Morgan fingerprint density at radius 2 is 1.75 bits per heavy atom. The number of hydrogen-bond donors (Lipinski definition) is 0. The first-order valence-corrected chi connectivity index (χ1v) is 7.95. The highest BCUT2D eigenvalue weighted by Crippen LogP contribution is 2.27. The summed E-state index contributed by atoms with van der Waals surface area (Å²) >= 11 is 0. The summed E-state index contributed by atoms with van der Waals surface area (Å²) in [5.41, 5.74) is 2.68. The Kier molecular flexibility index (Phi) is 4.75. The van der Waals surface area contributed by atoms with Crippen molar-refractivity contribution in [3.63, 3.8) is 0 Å². The molecule has 0 amide bonds. The van der Waals surface area contributed by atoms with Crippen molar-refractivity contribution in [2.24, 2.45) is 0 Å². The van der Waals surface area contributed by atoms with Crippen LogP contribution in [-0.2, 0) is 13.0 Å². The van der Waals surface area contributed by atoms with Gasteiger partial charge in [-0.05, 0) is 31.0 Å². The van der Waals surface area contributed by atoms with Crippen LogP contribution in [0.1, 0.15) is 11.3 Å². The van der Waals surface area contributed by atoms with E-state index in [1.807, 2.05) is 49.4 Å². The lowest BCUT2D eigenvalue weighted by atomic mass is 10.1. The zero-order valence-corrected chi connectivity index (χ0v) is 13.9. The van der Waals surface area contributed by atoms with E-state index >= 15 is 0 Å². The molecule has 0 N–H and O–H groups in total. The minimum Gasteiger partial charge on any atom is -0.496 e. The van der Waals surface area contributed by atoms with Crippen LogP contribution in [0.4, 0.5) is 0 Å². The Balaban J connectivity index is 2.04. The Morgan fingerprint density at radius 3 is 2.50 bits per heavy atom. The van der Waals surface area contributed by atoms with Crippen molar-refractivity contribution in [3.8, 4) is 17.1 Å². The molecule has 0 saturated carbocycles. The summed E-state index contributed by atoms with van der Waals surface area (Å²) in [7, 11) is 1.63. The molecule has 0 aliphatic heterocycles. The highest BCUT2D eigenvalue weighted by atomic mass is 16.5. The SMILES string of the molecule is COc1ccccc1-c1nc(C)cc(=O)n1CCc1ccccc1. The molecule has 0 atom stereocenters. The Morgan fingerprint density at radius 1 is 1.04 bits per heavy atom. The van der Waals surface area contributed by atoms with Crippen LogP contribution in [0.5, 0.6) is 5.75 Å². The predicted molar refractivity (Wildman–Crippen MR) is 95.4 cm³/mol. The highest BCUT2D eigenvalue weighted by molar-refractivity contribution is 5.64. The molecule has 0 spiro atoms. The molecule has 4 heteroatoms. The number of para-hydroxylation sites is 1. The van der Waals surface area contributed by atoms with E-state index in [1.165, 1.54) is 5.56 Å². The van der Waals surface area contributed by atoms with Crippen molar-refractivity contribution < 1.29 is 4.74 Å². The number of aromatic nitrogens is 2. The van der Waals surface area contributed by atoms with E-state index in [0.29, 0.717) is 23.8 Å². The molecule has 3 rings (SSSR count). The van der Waals surface area contributed by atoms with Crippen LogP contribution in [0.15, 0.2) is 65.5 Å². The number of hydrogen-bond acceptors (Lipinski definition) is 3. The summed E-state index contributed by atoms with van der Waals surface area (Å²) in [4.78, 5) is 17.1. The quantitative estimate of drug-likeness (QED) is 0.723. The van der Waals surface area contributed by atoms with Crippen LogP contribution in [0.2, 0.25) is 0 Å². The molecule has 0 fully saturated rings. The maximum Gasteiger partial charge on any atom is 0.253 e. The number of methoxy groups -OCH3 is 1. The van der Waals surface area contributed by atoms with Gasteiger partial charge in [-0.15, -0.1) is 0 Å². The Labute approximate surface area is 141 Å². The molecule has 0 unspecified atom stereocenters. The number of rotatable bonds is 5. The minimum absolute atomic E-state index is 0.0423. The van der Waals surface area contributed by atoms with E-state index in [1.54, 1.807) is 17.7 Å². The van der Waals surface area contributed by atoms with Gasteiger partial charge in [0.2, 0.25) is 0 Å². The van der Waals surface area contributed by atoms with Gasteiger partial charge in [0.05, 0.1) is 12.7 Å². The Bertz CT molecular complexity index is 886. The fourth-order valence-electron chi connectivity index (χ4n) is 2.76. The molecule has 0 aliphatic rings. The topological polar surface area (TPSA) is 44.1 Å². The largest absolute Gasteiger partial charge is 0.496 e. The fourth-order valence-corrected chi connectivity index (χ4v) is 2.76. The van der Waals surface area contributed by atoms with E-state index in [2.05, 4.69) is 17.1 Å². The second kappa shape index (κ2) is 7.13. The number of nitrogens with zero attached hydrogens (tertiary/aromatic N) is 2. The highest BCUT2D eigenvalue weighted by Gasteiger charge is 2.13. The summed E-state index contributed by atoms with van der Waals surface area (Å²) in [5, 5.41) is 0. The van der Waals surface area contributed by atoms with Gasteiger partial charge in [-0.25, -0.2) is 4.98 Å². The minimum atomic E-state index is -0.0423. The van der Waals surface area contributed by atoms with Gasteiger partial charge in [0.25, 0.3) is 5.56 Å². The summed E-state index contributed by atoms with van der Waals surface area (Å²) in [6.07, 6.45) is 0.771. The Hall–Kier alpha value is -2.88. The van der Waals surface area contributed by atoms with Crippen LogP contribution in [0.3, 0.4) is 0 Å². The molecule has 1 aromatic heterocycles. The number of aryl methyl sites for hydroxylation is 2. The molecular formula is C20H20N2O2. The summed E-state index contributed by atoms with van der Waals surface area (Å²) < 4.78 is 7.16. The molecule has 0 bridgehead atoms. The smallest absolute Gasteiger partial charge is 0.253 e. The molecule has 4 nitrogen and oxygen atoms in total. The van der Waals surface area contributed by atoms with E-state index in [0.717, 1.165) is 12.0 Å². The molecule has 0 aliphatic carbocycles. The average molecular weight is 320 g/mol. The second-order valence-corrected chi connectivity index (χ2v) is 5.65. The summed E-state index contributed by atoms with van der Waals surface area (Å²) in [5.74, 6) is 1.36. The van der Waals surface area contributed by atoms with Gasteiger partial charge in [-0.3, -0.25) is 9.36 Å². The van der Waals surface area contributed by atoms with Gasteiger partial charge in [-0.2, -0.15) is 0 Å². The van der Waals surface area contributed by atoms with Crippen LogP contribution < -0.4 is 10.3 Å². The van der Waals surface area contributed by atoms with E-state index < -0.39 is 0 Å². The van der Waals surface area contributed by atoms with Crippen molar-refractivity contribution >= 4 is 0 Å². The van der Waals surface area contributed by atoms with Crippen molar-refractivity contribution in [3.05, 3.63) is 82.3 Å². The van der Waals surface area contributed by atoms with Crippen molar-refractivity contribution in [1.29, 1.82) is 0 Å². The second-order valence-electron chi connectivity index (χ2n) is 5.65. The molecule has 0 saturated heterocycles. The molecule has 24 heavy (non-hydrogen) atoms. The standard InChI is InChI=1S/C20H20N2O2/c1-15-14-19(23)22(13-12-16-8-4-3-5-9-16)20(21-15)17-10-6-7-11-18(17)24-2/h3-11,14H,12-13H2,1-2H3. The molecule has 2 aromatic carbocycles. The van der Waals surface area contributed by atoms with Gasteiger partial charge < -0.3 is 4.74 Å². The molecular weight excluding hydrogens is 300 g/mol. The van der Waals surface area contributed by atoms with Crippen molar-refractivity contribution in [2.75, 3.05) is 7.11 Å². The third kappa shape index (κ3) is 3.38. The third-order valence-electron chi connectivity index (χ3n) is 3.95. The third-order valence-corrected chi connectivity index (χ3v) is 3.95. The maximum absolute atomic E-state index is 12.5. The normalized spacial score (nSPS) is 10.6. The lowest BCUT2D eigenvalue weighted by Crippen LogP contribution is -2.24. The van der Waals surface area contributed by atoms with Gasteiger partial charge in [-0.1, -0.05) is 42.5 Å². The van der Waals surface area contributed by atoms with E-state index in [9.17, 15) is 4.79 Å². The first-order chi connectivity index (χ1) is 11.7. The summed E-state index contributed by atoms with van der Waals surface area (Å²) in [6, 6.07) is 19.3. The number of ether oxygens (including phenoxy) is 1. The van der Waals surface area contributed by atoms with Gasteiger partial charge in [0.1, 0.15) is 11.6 Å². The first kappa shape index (κ1) is 16.0. The van der Waals surface area contributed by atoms with E-state index in [4.69, 9.17) is 4.74 Å². The average Bonchev–Trinajstić information content (AvgIpc) is 2.61. The maximum atomic E-state index is 12.5. The monoisotopic (exact) mass is 320 g/mol. The first-order valence-electron chi connectivity index (χ1n) is 7.95. The molecule has 1 heterocycles. The van der Waals surface area contributed by atoms with Crippen LogP contribution in [0, 0.1) is 6.92 Å². The van der Waals surface area contributed by atoms with Gasteiger partial charge >= 0.3 is 0 Å². The summed E-state index contributed by atoms with van der Waals surface area (Å²) in [6.45, 7) is 2.41. The molecule has 0 radical (unpaired) electrons. The molecule has 122 valence electrons. The van der Waals surface area contributed by atoms with Gasteiger partial charge in [0, 0.05) is 18.3 Å². The van der Waals surface area contributed by atoms with Crippen molar-refractivity contribution in [1.82, 2.24) is 9.55 Å². The van der Waals surface area contributed by atoms with Crippen molar-refractivity contribution in [2.45, 2.75) is 19.9 Å². The zero-order valence-electron chi connectivity index (χ0n) is 13.9. The molecule has 3 aromatic rings. The predicted octanol–water partition coefficient (Wildman–Crippen LogP) is 3.47. The lowest BCUT2D eigenvalue weighted by molar-refractivity contribution is 0.415.